The molecule has 1 aromatic carbocycles. The number of aryl methyl sites for hydroxylation is 1. The number of alkyl halides is 3. The second-order valence-corrected chi connectivity index (χ2v) is 5.95. The predicted molar refractivity (Wildman–Crippen MR) is 81.2 cm³/mol. The Balaban J connectivity index is 1.81. The quantitative estimate of drug-likeness (QED) is 0.912. The van der Waals surface area contributed by atoms with E-state index in [0.29, 0.717) is 0 Å². The van der Waals surface area contributed by atoms with Gasteiger partial charge < -0.3 is 10.0 Å². The maximum absolute atomic E-state index is 13.3. The van der Waals surface area contributed by atoms with Crippen LogP contribution in [0.4, 0.5) is 13.2 Å². The Morgan fingerprint density at radius 2 is 2.08 bits per heavy atom. The van der Waals surface area contributed by atoms with Crippen LogP contribution < -0.4 is 0 Å². The molecule has 6 nitrogen and oxygen atoms in total. The average Bonchev–Trinajstić information content (AvgIpc) is 3.21. The van der Waals surface area contributed by atoms with Crippen molar-refractivity contribution in [3.8, 4) is 0 Å². The van der Waals surface area contributed by atoms with Crippen LogP contribution in [0.3, 0.4) is 0 Å². The Morgan fingerprint density at radius 3 is 2.76 bits per heavy atom. The molecule has 2 atom stereocenters. The molecule has 1 aliphatic heterocycles. The topological polar surface area (TPSA) is 71.2 Å². The Hall–Kier alpha value is -2.42. The van der Waals surface area contributed by atoms with E-state index in [0.717, 1.165) is 6.07 Å². The van der Waals surface area contributed by atoms with Crippen LogP contribution in [0.5, 0.6) is 0 Å². The van der Waals surface area contributed by atoms with Crippen LogP contribution in [-0.2, 0) is 17.5 Å². The number of nitrogens with zero attached hydrogens (tertiary/aromatic N) is 4. The molecule has 2 heterocycles. The third kappa shape index (κ3) is 3.81. The van der Waals surface area contributed by atoms with Crippen molar-refractivity contribution in [1.82, 2.24) is 19.9 Å². The van der Waals surface area contributed by atoms with E-state index < -0.39 is 23.9 Å². The fourth-order valence-electron chi connectivity index (χ4n) is 3.14. The molecular formula is C16H17F3N4O2. The van der Waals surface area contributed by atoms with Gasteiger partial charge in [0, 0.05) is 19.2 Å². The van der Waals surface area contributed by atoms with Gasteiger partial charge in [-0.15, -0.1) is 5.10 Å². The molecule has 2 aromatic rings. The van der Waals surface area contributed by atoms with Gasteiger partial charge >= 0.3 is 6.18 Å². The fourth-order valence-corrected chi connectivity index (χ4v) is 3.14. The largest absolute Gasteiger partial charge is 0.416 e. The van der Waals surface area contributed by atoms with Crippen LogP contribution in [0.15, 0.2) is 36.7 Å². The summed E-state index contributed by atoms with van der Waals surface area (Å²) >= 11 is 0. The number of amides is 1. The molecule has 1 aliphatic rings. The normalized spacial score (nSPS) is 20.9. The van der Waals surface area contributed by atoms with Gasteiger partial charge in [0.15, 0.2) is 0 Å². The minimum atomic E-state index is -4.51. The van der Waals surface area contributed by atoms with E-state index in [4.69, 9.17) is 0 Å². The summed E-state index contributed by atoms with van der Waals surface area (Å²) in [6.45, 7) is 0.298. The molecule has 134 valence electrons. The molecule has 1 fully saturated rings. The van der Waals surface area contributed by atoms with Crippen LogP contribution in [0, 0.1) is 0 Å². The van der Waals surface area contributed by atoms with Gasteiger partial charge in [-0.1, -0.05) is 23.4 Å². The van der Waals surface area contributed by atoms with Crippen LogP contribution in [0.25, 0.3) is 0 Å². The van der Waals surface area contributed by atoms with Crippen molar-refractivity contribution in [2.75, 3.05) is 6.54 Å². The lowest BCUT2D eigenvalue weighted by atomic mass is 9.97. The number of carbonyl (C=O) groups is 1. The molecule has 0 aliphatic carbocycles. The van der Waals surface area contributed by atoms with Crippen molar-refractivity contribution in [3.05, 3.63) is 47.8 Å². The highest BCUT2D eigenvalue weighted by Crippen LogP contribution is 2.40. The van der Waals surface area contributed by atoms with Crippen molar-refractivity contribution in [1.29, 1.82) is 0 Å². The Kier molecular flexibility index (Phi) is 4.76. The molecular weight excluding hydrogens is 337 g/mol. The van der Waals surface area contributed by atoms with E-state index in [-0.39, 0.29) is 37.4 Å². The van der Waals surface area contributed by atoms with Gasteiger partial charge in [0.05, 0.1) is 30.5 Å². The lowest BCUT2D eigenvalue weighted by molar-refractivity contribution is -0.140. The van der Waals surface area contributed by atoms with Gasteiger partial charge in [-0.25, -0.2) is 0 Å². The Morgan fingerprint density at radius 1 is 1.32 bits per heavy atom. The summed E-state index contributed by atoms with van der Waals surface area (Å²) in [4.78, 5) is 13.8. The first kappa shape index (κ1) is 17.4. The molecule has 1 aromatic heterocycles. The molecule has 1 amide bonds. The van der Waals surface area contributed by atoms with Gasteiger partial charge in [0.1, 0.15) is 0 Å². The number of carbonyl (C=O) groups excluding carboxylic acids is 1. The third-order valence-corrected chi connectivity index (χ3v) is 4.25. The van der Waals surface area contributed by atoms with Crippen LogP contribution in [-0.4, -0.2) is 43.6 Å². The first-order valence-electron chi connectivity index (χ1n) is 7.84. The summed E-state index contributed by atoms with van der Waals surface area (Å²) in [5.74, 6) is -0.325. The molecule has 9 heteroatoms. The molecule has 25 heavy (non-hydrogen) atoms. The molecule has 1 N–H and O–H groups in total. The molecule has 0 spiro atoms. The summed E-state index contributed by atoms with van der Waals surface area (Å²) in [5.41, 5.74) is -0.760. The van der Waals surface area contributed by atoms with E-state index >= 15 is 0 Å². The minimum Gasteiger partial charge on any atom is -0.391 e. The second-order valence-electron chi connectivity index (χ2n) is 5.95. The number of likely N-dealkylation sites (tertiary alicyclic amines) is 1. The number of aromatic nitrogens is 3. The summed E-state index contributed by atoms with van der Waals surface area (Å²) in [5, 5.41) is 17.3. The number of aliphatic hydroxyl groups is 1. The van der Waals surface area contributed by atoms with Gasteiger partial charge in [-0.05, 0) is 18.1 Å². The lowest BCUT2D eigenvalue weighted by Crippen LogP contribution is -2.33. The number of β-amino-alcohol motifs (C(OH)–C–C–N with tert-alkyl or cyclic N) is 1. The zero-order valence-electron chi connectivity index (χ0n) is 13.2. The maximum atomic E-state index is 13.3. The summed E-state index contributed by atoms with van der Waals surface area (Å²) in [6.07, 6.45) is -2.13. The zero-order chi connectivity index (χ0) is 18.0. The highest BCUT2D eigenvalue weighted by Gasteiger charge is 2.41. The summed E-state index contributed by atoms with van der Waals surface area (Å²) in [7, 11) is 0. The second kappa shape index (κ2) is 6.83. The predicted octanol–water partition coefficient (Wildman–Crippen LogP) is 2.02. The van der Waals surface area contributed by atoms with E-state index in [2.05, 4.69) is 10.3 Å². The van der Waals surface area contributed by atoms with Gasteiger partial charge in [0.2, 0.25) is 5.91 Å². The number of halogens is 3. The van der Waals surface area contributed by atoms with Crippen LogP contribution in [0.2, 0.25) is 0 Å². The van der Waals surface area contributed by atoms with Gasteiger partial charge in [-0.3, -0.25) is 9.48 Å². The smallest absolute Gasteiger partial charge is 0.391 e. The van der Waals surface area contributed by atoms with Crippen molar-refractivity contribution in [2.45, 2.75) is 37.7 Å². The number of rotatable bonds is 4. The van der Waals surface area contributed by atoms with Gasteiger partial charge in [-0.2, -0.15) is 13.2 Å². The standard InChI is InChI=1S/C16H17F3N4O2/c17-16(18,19)13-4-2-1-3-12(13)14-9-11(24)10-23(14)15(25)5-7-22-8-6-20-21-22/h1-4,6,8,11,14,24H,5,7,9-10H2/t11-,14-/m0/s1. The van der Waals surface area contributed by atoms with Crippen molar-refractivity contribution in [3.63, 3.8) is 0 Å². The fraction of sp³-hybridized carbons (Fsp3) is 0.438. The SMILES string of the molecule is O=C(CCn1ccnn1)N1C[C@@H](O)C[C@H]1c1ccccc1C(F)(F)F. The lowest BCUT2D eigenvalue weighted by Gasteiger charge is -2.27. The third-order valence-electron chi connectivity index (χ3n) is 4.25. The first-order chi connectivity index (χ1) is 11.9. The van der Waals surface area contributed by atoms with Crippen molar-refractivity contribution in [2.24, 2.45) is 0 Å². The average molecular weight is 354 g/mol. The van der Waals surface area contributed by atoms with Crippen LogP contribution in [0.1, 0.15) is 30.0 Å². The summed E-state index contributed by atoms with van der Waals surface area (Å²) < 4.78 is 41.3. The minimum absolute atomic E-state index is 0.0145. The van der Waals surface area contributed by atoms with E-state index in [1.807, 2.05) is 0 Å². The highest BCUT2D eigenvalue weighted by atomic mass is 19.4. The van der Waals surface area contributed by atoms with E-state index in [1.165, 1.54) is 34.0 Å². The van der Waals surface area contributed by atoms with Gasteiger partial charge in [0.25, 0.3) is 0 Å². The maximum Gasteiger partial charge on any atom is 0.416 e. The molecule has 0 saturated carbocycles. The van der Waals surface area contributed by atoms with E-state index in [1.54, 1.807) is 6.20 Å². The monoisotopic (exact) mass is 354 g/mol. The molecule has 0 unspecified atom stereocenters. The Bertz CT molecular complexity index is 733. The van der Waals surface area contributed by atoms with Crippen molar-refractivity contribution >= 4 is 5.91 Å². The number of benzene rings is 1. The Labute approximate surface area is 141 Å². The van der Waals surface area contributed by atoms with E-state index in [9.17, 15) is 23.1 Å². The molecule has 0 bridgehead atoms. The number of aliphatic hydroxyl groups excluding tert-OH is 1. The molecule has 3 rings (SSSR count). The number of hydrogen-bond donors (Lipinski definition) is 1. The first-order valence-corrected chi connectivity index (χ1v) is 7.84. The highest BCUT2D eigenvalue weighted by molar-refractivity contribution is 5.77. The molecule has 0 radical (unpaired) electrons. The van der Waals surface area contributed by atoms with Crippen molar-refractivity contribution < 1.29 is 23.1 Å². The summed E-state index contributed by atoms with van der Waals surface area (Å²) in [6, 6.07) is 4.39. The molecule has 1 saturated heterocycles. The number of hydrogen-bond acceptors (Lipinski definition) is 4. The van der Waals surface area contributed by atoms with Crippen LogP contribution >= 0.6 is 0 Å². The zero-order valence-corrected chi connectivity index (χ0v) is 13.2.